The summed E-state index contributed by atoms with van der Waals surface area (Å²) in [5.41, 5.74) is 2.26. The van der Waals surface area contributed by atoms with E-state index < -0.39 is 0 Å². The van der Waals surface area contributed by atoms with E-state index in [1.54, 1.807) is 30.3 Å². The average molecular weight is 545 g/mol. The van der Waals surface area contributed by atoms with Gasteiger partial charge in [-0.05, 0) is 32.4 Å². The fraction of sp³-hybridized carbons (Fsp3) is 0.476. The van der Waals surface area contributed by atoms with E-state index in [2.05, 4.69) is 51.6 Å². The summed E-state index contributed by atoms with van der Waals surface area (Å²) in [5.74, 6) is 0.601. The summed E-state index contributed by atoms with van der Waals surface area (Å²) in [6, 6.07) is 10.3. The molecule has 0 radical (unpaired) electrons. The molecule has 0 fully saturated rings. The Kier molecular flexibility index (Phi) is 11.7. The van der Waals surface area contributed by atoms with E-state index in [1.165, 1.54) is 10.6 Å². The highest BCUT2D eigenvalue weighted by atomic mass is 127. The van der Waals surface area contributed by atoms with Crippen molar-refractivity contribution in [3.8, 4) is 0 Å². The van der Waals surface area contributed by atoms with E-state index in [-0.39, 0.29) is 36.4 Å². The number of benzene rings is 1. The summed E-state index contributed by atoms with van der Waals surface area (Å²) in [4.78, 5) is 25.9. The number of amides is 1. The maximum absolute atomic E-state index is 11.9. The number of nitrogens with one attached hydrogen (secondary N) is 2. The maximum atomic E-state index is 11.9. The molecule has 1 amide bonds. The van der Waals surface area contributed by atoms with Gasteiger partial charge >= 0.3 is 0 Å². The number of guanidine groups is 1. The average Bonchev–Trinajstić information content (AvgIpc) is 3.04. The number of hydrogen-bond acceptors (Lipinski definition) is 5. The zero-order valence-corrected chi connectivity index (χ0v) is 21.6. The number of para-hydroxylation sites is 1. The lowest BCUT2D eigenvalue weighted by molar-refractivity contribution is -0.127. The lowest BCUT2D eigenvalue weighted by atomic mass is 10.3. The van der Waals surface area contributed by atoms with Gasteiger partial charge in [-0.15, -0.1) is 35.3 Å². The maximum Gasteiger partial charge on any atom is 0.243 e. The van der Waals surface area contributed by atoms with Crippen molar-refractivity contribution < 1.29 is 4.79 Å². The van der Waals surface area contributed by atoms with Gasteiger partial charge < -0.3 is 20.4 Å². The first-order valence-electron chi connectivity index (χ1n) is 9.78. The van der Waals surface area contributed by atoms with Gasteiger partial charge in [0.2, 0.25) is 5.91 Å². The molecule has 1 aromatic heterocycles. The van der Waals surface area contributed by atoms with E-state index >= 15 is 0 Å². The first kappa shape index (κ1) is 26.2. The molecule has 1 heterocycles. The number of halogens is 1. The number of hydrogen-bond donors (Lipinski definition) is 2. The van der Waals surface area contributed by atoms with Crippen LogP contribution in [0.5, 0.6) is 0 Å². The number of rotatable bonds is 9. The molecule has 0 saturated heterocycles. The Balaban J connectivity index is 0.00000450. The normalized spacial score (nSPS) is 10.9. The molecular formula is C21H33IN6OS. The van der Waals surface area contributed by atoms with E-state index in [1.807, 2.05) is 25.1 Å². The third kappa shape index (κ3) is 8.86. The second kappa shape index (κ2) is 13.4. The monoisotopic (exact) mass is 544 g/mol. The van der Waals surface area contributed by atoms with Crippen molar-refractivity contribution in [3.05, 3.63) is 45.9 Å². The van der Waals surface area contributed by atoms with Crippen LogP contribution in [0, 0.1) is 13.8 Å². The van der Waals surface area contributed by atoms with E-state index in [9.17, 15) is 4.79 Å². The molecule has 0 spiro atoms. The zero-order valence-electron chi connectivity index (χ0n) is 18.4. The highest BCUT2D eigenvalue weighted by Crippen LogP contribution is 2.15. The molecule has 2 aromatic rings. The van der Waals surface area contributed by atoms with Crippen LogP contribution in [0.15, 0.2) is 35.3 Å². The molecule has 0 bridgehead atoms. The largest absolute Gasteiger partial charge is 0.375 e. The standard InChI is InChI=1S/C21H32N6OS.HI/c1-16-17(2)29-19(25-16)14-23-21(24-15-20(28)26(3)4)22-12-9-13-27(5)18-10-7-6-8-11-18;/h6-8,10-11H,9,12-15H2,1-5H3,(H2,22,23,24);1H. The summed E-state index contributed by atoms with van der Waals surface area (Å²) in [6.07, 6.45) is 0.948. The van der Waals surface area contributed by atoms with Crippen LogP contribution in [0.3, 0.4) is 0 Å². The fourth-order valence-corrected chi connectivity index (χ4v) is 3.44. The molecule has 2 rings (SSSR count). The van der Waals surface area contributed by atoms with Crippen molar-refractivity contribution in [3.63, 3.8) is 0 Å². The van der Waals surface area contributed by atoms with Crippen LogP contribution in [0.2, 0.25) is 0 Å². The molecular weight excluding hydrogens is 511 g/mol. The van der Waals surface area contributed by atoms with Crippen LogP contribution < -0.4 is 15.5 Å². The van der Waals surface area contributed by atoms with E-state index in [0.717, 1.165) is 30.2 Å². The Bertz CT molecular complexity index is 790. The van der Waals surface area contributed by atoms with Crippen LogP contribution in [0.4, 0.5) is 5.69 Å². The van der Waals surface area contributed by atoms with Crippen molar-refractivity contribution >= 4 is 52.9 Å². The summed E-state index contributed by atoms with van der Waals surface area (Å²) in [6.45, 7) is 6.47. The Labute approximate surface area is 201 Å². The number of carbonyl (C=O) groups is 1. The van der Waals surface area contributed by atoms with Gasteiger partial charge in [0.15, 0.2) is 5.96 Å². The van der Waals surface area contributed by atoms with Crippen molar-refractivity contribution in [2.75, 3.05) is 45.7 Å². The Morgan fingerprint density at radius 2 is 1.83 bits per heavy atom. The van der Waals surface area contributed by atoms with Crippen LogP contribution in [-0.4, -0.2) is 62.5 Å². The number of aromatic nitrogens is 1. The third-order valence-corrected chi connectivity index (χ3v) is 5.58. The van der Waals surface area contributed by atoms with Crippen molar-refractivity contribution in [2.45, 2.75) is 26.8 Å². The van der Waals surface area contributed by atoms with Gasteiger partial charge in [-0.2, -0.15) is 0 Å². The molecule has 7 nitrogen and oxygen atoms in total. The molecule has 30 heavy (non-hydrogen) atoms. The number of aryl methyl sites for hydroxylation is 2. The molecule has 9 heteroatoms. The van der Waals surface area contributed by atoms with Gasteiger partial charge in [-0.3, -0.25) is 4.79 Å². The van der Waals surface area contributed by atoms with Gasteiger partial charge in [0.05, 0.1) is 12.2 Å². The van der Waals surface area contributed by atoms with Gasteiger partial charge in [0.25, 0.3) is 0 Å². The molecule has 1 aromatic carbocycles. The number of nitrogens with zero attached hydrogens (tertiary/aromatic N) is 4. The smallest absolute Gasteiger partial charge is 0.243 e. The summed E-state index contributed by atoms with van der Waals surface area (Å²) in [5, 5.41) is 7.64. The topological polar surface area (TPSA) is 72.9 Å². The Morgan fingerprint density at radius 3 is 2.43 bits per heavy atom. The summed E-state index contributed by atoms with van der Waals surface area (Å²) >= 11 is 1.68. The first-order valence-corrected chi connectivity index (χ1v) is 10.6. The summed E-state index contributed by atoms with van der Waals surface area (Å²) in [7, 11) is 5.56. The molecule has 0 aliphatic carbocycles. The number of likely N-dealkylation sites (N-methyl/N-ethyl adjacent to an activating group) is 1. The van der Waals surface area contributed by atoms with Crippen LogP contribution in [-0.2, 0) is 11.3 Å². The summed E-state index contributed by atoms with van der Waals surface area (Å²) < 4.78 is 0. The number of thiazole rings is 1. The minimum Gasteiger partial charge on any atom is -0.375 e. The Morgan fingerprint density at radius 1 is 1.13 bits per heavy atom. The van der Waals surface area contributed by atoms with Crippen LogP contribution in [0.1, 0.15) is 22.0 Å². The third-order valence-electron chi connectivity index (χ3n) is 4.51. The molecule has 0 aliphatic rings. The Hall–Kier alpha value is -1.88. The number of aliphatic imine (C=N–C) groups is 1. The highest BCUT2D eigenvalue weighted by molar-refractivity contribution is 14.0. The first-order chi connectivity index (χ1) is 13.9. The second-order valence-electron chi connectivity index (χ2n) is 7.09. The lowest BCUT2D eigenvalue weighted by Crippen LogP contribution is -2.39. The van der Waals surface area contributed by atoms with Gasteiger partial charge in [0, 0.05) is 44.8 Å². The van der Waals surface area contributed by atoms with Gasteiger partial charge in [-0.25, -0.2) is 9.98 Å². The number of carbonyl (C=O) groups excluding carboxylic acids is 1. The fourth-order valence-electron chi connectivity index (χ4n) is 2.57. The van der Waals surface area contributed by atoms with Gasteiger partial charge in [0.1, 0.15) is 11.6 Å². The predicted molar refractivity (Wildman–Crippen MR) is 137 cm³/mol. The van der Waals surface area contributed by atoms with Gasteiger partial charge in [-0.1, -0.05) is 18.2 Å². The second-order valence-corrected chi connectivity index (χ2v) is 8.38. The number of anilines is 1. The van der Waals surface area contributed by atoms with Crippen LogP contribution in [0.25, 0.3) is 0 Å². The highest BCUT2D eigenvalue weighted by Gasteiger charge is 2.07. The molecule has 2 N–H and O–H groups in total. The molecule has 0 saturated carbocycles. The molecule has 166 valence electrons. The zero-order chi connectivity index (χ0) is 21.2. The SMILES string of the molecule is Cc1nc(CNC(=NCC(=O)N(C)C)NCCCN(C)c2ccccc2)sc1C.I. The molecule has 0 unspecified atom stereocenters. The van der Waals surface area contributed by atoms with Crippen molar-refractivity contribution in [2.24, 2.45) is 4.99 Å². The van der Waals surface area contributed by atoms with E-state index in [4.69, 9.17) is 0 Å². The predicted octanol–water partition coefficient (Wildman–Crippen LogP) is 3.03. The minimum absolute atomic E-state index is 0. The van der Waals surface area contributed by atoms with Crippen molar-refractivity contribution in [1.29, 1.82) is 0 Å². The lowest BCUT2D eigenvalue weighted by Gasteiger charge is -2.19. The molecule has 0 atom stereocenters. The van der Waals surface area contributed by atoms with E-state index in [0.29, 0.717) is 12.5 Å². The van der Waals surface area contributed by atoms with Crippen molar-refractivity contribution in [1.82, 2.24) is 20.5 Å². The minimum atomic E-state index is -0.0316. The quantitative estimate of drug-likeness (QED) is 0.220. The van der Waals surface area contributed by atoms with Crippen LogP contribution >= 0.6 is 35.3 Å². The molecule has 0 aliphatic heterocycles.